The molecule has 0 atom stereocenters. The van der Waals surface area contributed by atoms with Crippen molar-refractivity contribution in [3.05, 3.63) is 0 Å². The minimum Gasteiger partial charge on any atom is -0.385 e. The van der Waals surface area contributed by atoms with Crippen LogP contribution in [0.3, 0.4) is 0 Å². The lowest BCUT2D eigenvalue weighted by Gasteiger charge is -2.30. The third-order valence-electron chi connectivity index (χ3n) is 12.3. The summed E-state index contributed by atoms with van der Waals surface area (Å²) in [6.45, 7) is 24.3. The molecule has 9 nitrogen and oxygen atoms in total. The van der Waals surface area contributed by atoms with E-state index >= 15 is 0 Å². The number of hydrogen-bond donors (Lipinski definition) is 2. The zero-order valence-electron chi connectivity index (χ0n) is 45.2. The monoisotopic (exact) mass is 924 g/mol. The van der Waals surface area contributed by atoms with E-state index in [-0.39, 0.29) is 5.91 Å². The van der Waals surface area contributed by atoms with E-state index in [1.54, 1.807) is 7.11 Å². The molecule has 0 saturated carbocycles. The first-order chi connectivity index (χ1) is 31.9. The van der Waals surface area contributed by atoms with Gasteiger partial charge in [-0.2, -0.15) is 0 Å². The number of nitrogens with one attached hydrogen (secondary N) is 2. The molecule has 0 aromatic rings. The quantitative estimate of drug-likeness (QED) is 0.0464. The second-order valence-corrected chi connectivity index (χ2v) is 18.8. The average molecular weight is 925 g/mol. The molecule has 0 rings (SSSR count). The van der Waals surface area contributed by atoms with Crippen LogP contribution in [0.5, 0.6) is 0 Å². The van der Waals surface area contributed by atoms with E-state index in [4.69, 9.17) is 4.74 Å². The molecule has 65 heavy (non-hydrogen) atoms. The fourth-order valence-corrected chi connectivity index (χ4v) is 8.14. The van der Waals surface area contributed by atoms with E-state index < -0.39 is 0 Å². The summed E-state index contributed by atoms with van der Waals surface area (Å²) >= 11 is 0. The number of carbonyl (C=O) groups excluding carboxylic acids is 3. The second-order valence-electron chi connectivity index (χ2n) is 18.8. The minimum atomic E-state index is 0.211. The van der Waals surface area contributed by atoms with Crippen LogP contribution in [0.25, 0.3) is 0 Å². The molecule has 0 spiro atoms. The van der Waals surface area contributed by atoms with Crippen LogP contribution in [0, 0.1) is 0 Å². The molecule has 0 bridgehead atoms. The molecule has 0 heterocycles. The predicted octanol–water partition coefficient (Wildman–Crippen LogP) is 14.0. The van der Waals surface area contributed by atoms with E-state index in [0.29, 0.717) is 19.6 Å². The normalized spacial score (nSPS) is 11.0. The summed E-state index contributed by atoms with van der Waals surface area (Å²) in [7, 11) is 1.71. The number of unbranched alkanes of at least 4 members (excludes halogenated alkanes) is 27. The van der Waals surface area contributed by atoms with Crippen molar-refractivity contribution in [1.82, 2.24) is 25.3 Å². The van der Waals surface area contributed by atoms with Gasteiger partial charge in [-0.15, -0.1) is 0 Å². The van der Waals surface area contributed by atoms with Crippen molar-refractivity contribution in [2.24, 2.45) is 0 Å². The van der Waals surface area contributed by atoms with Gasteiger partial charge in [0.25, 0.3) is 0 Å². The van der Waals surface area contributed by atoms with Gasteiger partial charge in [-0.25, -0.2) is 0 Å². The first kappa shape index (κ1) is 67.7. The molecule has 0 saturated heterocycles. The van der Waals surface area contributed by atoms with Gasteiger partial charge in [-0.1, -0.05) is 202 Å². The summed E-state index contributed by atoms with van der Waals surface area (Å²) in [5.41, 5.74) is 0. The zero-order chi connectivity index (χ0) is 48.4. The number of carbonyl (C=O) groups is 3. The molecule has 0 radical (unpaired) electrons. The first-order valence-corrected chi connectivity index (χ1v) is 28.5. The molecule has 390 valence electrons. The summed E-state index contributed by atoms with van der Waals surface area (Å²) < 4.78 is 4.69. The van der Waals surface area contributed by atoms with Gasteiger partial charge in [0.15, 0.2) is 0 Å². The number of amides is 2. The van der Waals surface area contributed by atoms with Gasteiger partial charge in [0.1, 0.15) is 6.29 Å². The number of aldehydes is 1. The molecule has 9 heteroatoms. The number of hydrogen-bond acceptors (Lipinski definition) is 7. The number of methoxy groups -OCH3 is 1. The zero-order valence-corrected chi connectivity index (χ0v) is 45.2. The summed E-state index contributed by atoms with van der Waals surface area (Å²) in [6.07, 6.45) is 45.7. The van der Waals surface area contributed by atoms with Crippen molar-refractivity contribution in [1.29, 1.82) is 0 Å². The average Bonchev–Trinajstić information content (AvgIpc) is 3.31. The smallest absolute Gasteiger partial charge is 0.236 e. The Balaban J connectivity index is -0.00000143. The van der Waals surface area contributed by atoms with Crippen LogP contribution < -0.4 is 10.6 Å². The van der Waals surface area contributed by atoms with E-state index in [2.05, 4.69) is 62.0 Å². The Morgan fingerprint density at radius 3 is 1.20 bits per heavy atom. The van der Waals surface area contributed by atoms with E-state index in [1.807, 2.05) is 4.90 Å². The Labute approximate surface area is 407 Å². The van der Waals surface area contributed by atoms with Gasteiger partial charge in [-0.05, 0) is 84.1 Å². The number of ether oxygens (including phenoxy) is 1. The molecule has 0 fully saturated rings. The number of rotatable bonds is 51. The van der Waals surface area contributed by atoms with Gasteiger partial charge < -0.3 is 30.0 Å². The summed E-state index contributed by atoms with van der Waals surface area (Å²) in [5, 5.41) is 6.21. The third-order valence-corrected chi connectivity index (χ3v) is 12.3. The highest BCUT2D eigenvalue weighted by Crippen LogP contribution is 2.12. The molecule has 2 amide bonds. The van der Waals surface area contributed by atoms with Crippen molar-refractivity contribution in [3.63, 3.8) is 0 Å². The Morgan fingerprint density at radius 2 is 0.815 bits per heavy atom. The van der Waals surface area contributed by atoms with Crippen LogP contribution in [0.15, 0.2) is 0 Å². The Bertz CT molecular complexity index is 877. The second kappa shape index (κ2) is 62.4. The van der Waals surface area contributed by atoms with Crippen molar-refractivity contribution in [2.75, 3.05) is 85.7 Å². The molecule has 0 aromatic carbocycles. The van der Waals surface area contributed by atoms with Crippen LogP contribution in [-0.2, 0) is 19.1 Å². The molecule has 0 aliphatic heterocycles. The fourth-order valence-electron chi connectivity index (χ4n) is 8.14. The van der Waals surface area contributed by atoms with E-state index in [0.717, 1.165) is 77.7 Å². The lowest BCUT2D eigenvalue weighted by atomic mass is 10.1. The predicted molar refractivity (Wildman–Crippen MR) is 285 cm³/mol. The molecular formula is C56H117N5O4. The Kier molecular flexibility index (Phi) is 65.1. The van der Waals surface area contributed by atoms with Crippen LogP contribution in [0.4, 0.5) is 0 Å². The summed E-state index contributed by atoms with van der Waals surface area (Å²) in [4.78, 5) is 41.3. The van der Waals surface area contributed by atoms with Crippen LogP contribution >= 0.6 is 0 Å². The van der Waals surface area contributed by atoms with Crippen molar-refractivity contribution < 1.29 is 19.1 Å². The van der Waals surface area contributed by atoms with Crippen LogP contribution in [0.2, 0.25) is 0 Å². The Hall–Kier alpha value is -1.55. The standard InChI is InChI=1S/C37H76N4O2.C15H31NO.C4H10O/c1-5-9-12-15-18-21-24-29-39(30-25-22-19-16-13-10-6-2)33-34-40(31-26-23-20-17-14-11-7-3)35-37(43)41(28-8-4)32-27-38-36-42;1-2-3-4-5-6-7-10-13-16-14-11-8-9-12-15-17;1-3-4-5-2/h36H,5-35H2,1-4H3,(H,38,42);15-16H,2-14H2,1H3;3-4H2,1-2H3. The molecule has 0 aliphatic carbocycles. The van der Waals surface area contributed by atoms with Crippen molar-refractivity contribution in [2.45, 2.75) is 260 Å². The molecule has 0 aromatic heterocycles. The molecule has 0 unspecified atom stereocenters. The maximum atomic E-state index is 13.4. The highest BCUT2D eigenvalue weighted by atomic mass is 16.5. The summed E-state index contributed by atoms with van der Waals surface area (Å²) in [5.74, 6) is 0.211. The molecule has 2 N–H and O–H groups in total. The molecular weight excluding hydrogens is 807 g/mol. The van der Waals surface area contributed by atoms with Gasteiger partial charge in [0, 0.05) is 52.9 Å². The topological polar surface area (TPSA) is 94.2 Å². The lowest BCUT2D eigenvalue weighted by Crippen LogP contribution is -2.45. The maximum Gasteiger partial charge on any atom is 0.236 e. The largest absolute Gasteiger partial charge is 0.385 e. The van der Waals surface area contributed by atoms with Crippen LogP contribution in [0.1, 0.15) is 260 Å². The lowest BCUT2D eigenvalue weighted by molar-refractivity contribution is -0.132. The summed E-state index contributed by atoms with van der Waals surface area (Å²) in [6, 6.07) is 0. The maximum absolute atomic E-state index is 13.4. The highest BCUT2D eigenvalue weighted by Gasteiger charge is 2.18. The first-order valence-electron chi connectivity index (χ1n) is 28.5. The van der Waals surface area contributed by atoms with Gasteiger partial charge in [0.2, 0.25) is 12.3 Å². The van der Waals surface area contributed by atoms with Crippen molar-refractivity contribution in [3.8, 4) is 0 Å². The third kappa shape index (κ3) is 58.5. The van der Waals surface area contributed by atoms with E-state index in [1.165, 1.54) is 212 Å². The van der Waals surface area contributed by atoms with Crippen molar-refractivity contribution >= 4 is 18.6 Å². The van der Waals surface area contributed by atoms with E-state index in [9.17, 15) is 14.4 Å². The van der Waals surface area contributed by atoms with Gasteiger partial charge in [-0.3, -0.25) is 14.5 Å². The minimum absolute atomic E-state index is 0.211. The fraction of sp³-hybridized carbons (Fsp3) is 0.946. The highest BCUT2D eigenvalue weighted by molar-refractivity contribution is 5.78. The SMILES string of the molecule is CCCCCCCCCN(CCCCCCCCC)CCN(CCCCCCCCC)CC(=O)N(CCC)CCNC=O.CCCCCCCCCNCCCCCC=O.CCCOC. The molecule has 0 aliphatic rings. The van der Waals surface area contributed by atoms with Crippen LogP contribution in [-0.4, -0.2) is 119 Å². The number of nitrogens with zero attached hydrogens (tertiary/aromatic N) is 3. The van der Waals surface area contributed by atoms with Gasteiger partial charge >= 0.3 is 0 Å². The van der Waals surface area contributed by atoms with Gasteiger partial charge in [0.05, 0.1) is 6.54 Å². The Morgan fingerprint density at radius 1 is 0.415 bits per heavy atom.